The van der Waals surface area contributed by atoms with Crippen molar-refractivity contribution >= 4 is 67.2 Å². The molecule has 0 bridgehead atoms. The van der Waals surface area contributed by atoms with Gasteiger partial charge in [0.25, 0.3) is 0 Å². The fourth-order valence-corrected chi connectivity index (χ4v) is 3.75. The molecule has 102 valence electrons. The summed E-state index contributed by atoms with van der Waals surface area (Å²) in [5, 5.41) is 9.65. The molecule has 0 heterocycles. The van der Waals surface area contributed by atoms with Gasteiger partial charge in [-0.15, -0.1) is 24.8 Å². The van der Waals surface area contributed by atoms with E-state index in [2.05, 4.69) is 36.4 Å². The van der Waals surface area contributed by atoms with E-state index in [1.54, 1.807) is 33.7 Å². The molecule has 1 nitrogen and oxygen atoms in total. The van der Waals surface area contributed by atoms with Crippen molar-refractivity contribution in [2.75, 3.05) is 6.61 Å². The average molecular weight is 421 g/mol. The van der Waals surface area contributed by atoms with Crippen LogP contribution in [0.2, 0.25) is 0 Å². The van der Waals surface area contributed by atoms with Crippen LogP contribution in [-0.2, 0) is 0 Å². The first-order valence-corrected chi connectivity index (χ1v) is 8.03. The molecule has 0 saturated heterocycles. The van der Waals surface area contributed by atoms with Crippen LogP contribution in [0.3, 0.4) is 0 Å². The van der Waals surface area contributed by atoms with Crippen LogP contribution in [0.1, 0.15) is 17.0 Å². The second-order valence-corrected chi connectivity index (χ2v) is 7.23. The molecule has 0 aliphatic heterocycles. The summed E-state index contributed by atoms with van der Waals surface area (Å²) in [4.78, 5) is 0. The van der Waals surface area contributed by atoms with Gasteiger partial charge >= 0.3 is 119 Å². The van der Waals surface area contributed by atoms with E-state index in [4.69, 9.17) is 0 Å². The molecule has 2 aromatic carbocycles. The summed E-state index contributed by atoms with van der Waals surface area (Å²) in [7, 11) is 0. The third-order valence-corrected chi connectivity index (χ3v) is 4.88. The SMILES string of the molecule is Cl.Cl.OCC1c2cc([AsH2])ccc2-c2ccc([AsH2])cc21. The van der Waals surface area contributed by atoms with Gasteiger partial charge in [0, 0.05) is 0 Å². The molecule has 0 spiro atoms. The molecular weight excluding hydrogens is 405 g/mol. The molecule has 1 aliphatic rings. The van der Waals surface area contributed by atoms with E-state index < -0.39 is 0 Å². The van der Waals surface area contributed by atoms with E-state index in [1.807, 2.05) is 0 Å². The number of hydrogen-bond donors (Lipinski definition) is 1. The topological polar surface area (TPSA) is 20.2 Å². The minimum absolute atomic E-state index is 0. The van der Waals surface area contributed by atoms with E-state index in [-0.39, 0.29) is 37.3 Å². The number of halogens is 2. The third-order valence-electron chi connectivity index (χ3n) is 3.37. The Morgan fingerprint density at radius 1 is 0.842 bits per heavy atom. The Labute approximate surface area is 143 Å². The summed E-state index contributed by atoms with van der Waals surface area (Å²) in [6.45, 7) is 0.201. The Kier molecular flexibility index (Phi) is 6.05. The van der Waals surface area contributed by atoms with Crippen molar-refractivity contribution in [3.05, 3.63) is 47.5 Å². The Hall–Kier alpha value is 0.0969. The fourth-order valence-electron chi connectivity index (χ4n) is 2.59. The maximum absolute atomic E-state index is 9.65. The number of aliphatic hydroxyl groups excluding tert-OH is 1. The summed E-state index contributed by atoms with van der Waals surface area (Å²) < 4.78 is 2.65. The average Bonchev–Trinajstić information content (AvgIpc) is 2.60. The molecular formula is C14H16As2Cl2O. The van der Waals surface area contributed by atoms with Gasteiger partial charge in [-0.1, -0.05) is 0 Å². The first kappa shape index (κ1) is 17.1. The van der Waals surface area contributed by atoms with Crippen LogP contribution in [0.15, 0.2) is 36.4 Å². The van der Waals surface area contributed by atoms with Gasteiger partial charge in [-0.05, 0) is 0 Å². The molecule has 1 aliphatic carbocycles. The molecule has 1 N–H and O–H groups in total. The molecule has 2 unspecified atom stereocenters. The number of rotatable bonds is 1. The molecule has 0 radical (unpaired) electrons. The Balaban J connectivity index is 0.000000902. The molecule has 0 fully saturated rings. The zero-order chi connectivity index (χ0) is 12.0. The minimum atomic E-state index is 0. The number of aliphatic hydroxyl groups is 1. The van der Waals surface area contributed by atoms with E-state index in [0.29, 0.717) is 0 Å². The van der Waals surface area contributed by atoms with Gasteiger partial charge in [0.15, 0.2) is 0 Å². The van der Waals surface area contributed by atoms with Crippen LogP contribution >= 0.6 is 24.8 Å². The van der Waals surface area contributed by atoms with Crippen LogP contribution in [0.4, 0.5) is 0 Å². The molecule has 0 saturated carbocycles. The van der Waals surface area contributed by atoms with Crippen LogP contribution in [0.25, 0.3) is 11.1 Å². The Bertz CT molecular complexity index is 550. The monoisotopic (exact) mass is 420 g/mol. The van der Waals surface area contributed by atoms with E-state index in [0.717, 1.165) is 0 Å². The van der Waals surface area contributed by atoms with Crippen molar-refractivity contribution in [3.63, 3.8) is 0 Å². The number of fused-ring (bicyclic) bond motifs is 3. The molecule has 0 aromatic heterocycles. The summed E-state index contributed by atoms with van der Waals surface area (Å²) >= 11 is 3.27. The van der Waals surface area contributed by atoms with Gasteiger partial charge in [0.1, 0.15) is 0 Å². The summed E-state index contributed by atoms with van der Waals surface area (Å²) in [5.41, 5.74) is 5.19. The van der Waals surface area contributed by atoms with Gasteiger partial charge in [0.05, 0.1) is 0 Å². The quantitative estimate of drug-likeness (QED) is 0.651. The van der Waals surface area contributed by atoms with Crippen molar-refractivity contribution in [2.45, 2.75) is 5.92 Å². The summed E-state index contributed by atoms with van der Waals surface area (Å²) in [6.07, 6.45) is 0. The van der Waals surface area contributed by atoms with Gasteiger partial charge in [-0.2, -0.15) is 0 Å². The second kappa shape index (κ2) is 6.70. The molecule has 2 aromatic rings. The van der Waals surface area contributed by atoms with Gasteiger partial charge in [-0.25, -0.2) is 0 Å². The molecule has 2 atom stereocenters. The molecule has 3 rings (SSSR count). The summed E-state index contributed by atoms with van der Waals surface area (Å²) in [6, 6.07) is 13.2. The molecule has 5 heteroatoms. The normalized spacial score (nSPS) is 12.2. The van der Waals surface area contributed by atoms with Gasteiger partial charge in [-0.3, -0.25) is 0 Å². The first-order chi connectivity index (χ1) is 8.20. The second-order valence-electron chi connectivity index (χ2n) is 4.43. The Morgan fingerprint density at radius 2 is 1.26 bits per heavy atom. The van der Waals surface area contributed by atoms with Crippen molar-refractivity contribution in [3.8, 4) is 11.1 Å². The fraction of sp³-hybridized carbons (Fsp3) is 0.143. The summed E-state index contributed by atoms with van der Waals surface area (Å²) in [5.74, 6) is 0.173. The van der Waals surface area contributed by atoms with E-state index in [9.17, 15) is 5.11 Å². The van der Waals surface area contributed by atoms with Crippen LogP contribution in [0, 0.1) is 0 Å². The van der Waals surface area contributed by atoms with E-state index in [1.165, 1.54) is 31.0 Å². The molecule has 19 heavy (non-hydrogen) atoms. The van der Waals surface area contributed by atoms with Crippen LogP contribution < -0.4 is 8.70 Å². The number of benzene rings is 2. The predicted octanol–water partition coefficient (Wildman–Crippen LogP) is 0.152. The van der Waals surface area contributed by atoms with Gasteiger partial charge < -0.3 is 0 Å². The van der Waals surface area contributed by atoms with Crippen molar-refractivity contribution in [1.82, 2.24) is 0 Å². The zero-order valence-corrected chi connectivity index (χ0v) is 16.6. The maximum atomic E-state index is 9.65. The van der Waals surface area contributed by atoms with Gasteiger partial charge in [0.2, 0.25) is 0 Å². The molecule has 0 amide bonds. The van der Waals surface area contributed by atoms with Crippen molar-refractivity contribution in [1.29, 1.82) is 0 Å². The van der Waals surface area contributed by atoms with Crippen molar-refractivity contribution in [2.24, 2.45) is 0 Å². The van der Waals surface area contributed by atoms with E-state index >= 15 is 0 Å². The Morgan fingerprint density at radius 3 is 1.63 bits per heavy atom. The van der Waals surface area contributed by atoms with Crippen LogP contribution in [-0.4, -0.2) is 45.4 Å². The number of hydrogen-bond acceptors (Lipinski definition) is 1. The van der Waals surface area contributed by atoms with Crippen molar-refractivity contribution < 1.29 is 5.11 Å². The zero-order valence-electron chi connectivity index (χ0n) is 10.2. The first-order valence-electron chi connectivity index (χ1n) is 5.61. The third kappa shape index (κ3) is 2.92. The standard InChI is InChI=1S/C14H14As2O.2ClH/c15-8-1-3-10-11-4-2-9(16)6-13(11)14(7-17)12(10)5-8;;/h1-6,14,17H,7,15-16H2;2*1H. The van der Waals surface area contributed by atoms with Crippen LogP contribution in [0.5, 0.6) is 0 Å². The predicted molar refractivity (Wildman–Crippen MR) is 91.7 cm³/mol.